The summed E-state index contributed by atoms with van der Waals surface area (Å²) in [5, 5.41) is 0. The van der Waals surface area contributed by atoms with Crippen LogP contribution in [0.15, 0.2) is 24.3 Å². The predicted molar refractivity (Wildman–Crippen MR) is 67.1 cm³/mol. The number of hydrogen-bond acceptors (Lipinski definition) is 2. The van der Waals surface area contributed by atoms with Crippen molar-refractivity contribution in [3.8, 4) is 5.75 Å². The number of hydrogen-bond donors (Lipinski definition) is 0. The normalized spacial score (nSPS) is 15.7. The van der Waals surface area contributed by atoms with Crippen LogP contribution >= 0.6 is 0 Å². The van der Waals surface area contributed by atoms with Gasteiger partial charge in [-0.3, -0.25) is 4.79 Å². The van der Waals surface area contributed by atoms with Gasteiger partial charge in [0, 0.05) is 18.7 Å². The van der Waals surface area contributed by atoms with Crippen LogP contribution < -0.4 is 4.74 Å². The molecular formula is C14H19NO2. The molecule has 0 aromatic heterocycles. The molecule has 92 valence electrons. The maximum absolute atomic E-state index is 12.1. The molecule has 0 unspecified atom stereocenters. The van der Waals surface area contributed by atoms with Gasteiger partial charge in [-0.05, 0) is 25.3 Å². The van der Waals surface area contributed by atoms with Gasteiger partial charge in [-0.2, -0.15) is 0 Å². The number of nitrogens with zero attached hydrogens (tertiary/aromatic N) is 1. The van der Waals surface area contributed by atoms with E-state index in [-0.39, 0.29) is 5.91 Å². The van der Waals surface area contributed by atoms with E-state index < -0.39 is 0 Å². The van der Waals surface area contributed by atoms with E-state index in [1.54, 1.807) is 7.11 Å². The zero-order chi connectivity index (χ0) is 12.1. The first-order valence-corrected chi connectivity index (χ1v) is 6.21. The van der Waals surface area contributed by atoms with Crippen LogP contribution in [0.1, 0.15) is 24.8 Å². The van der Waals surface area contributed by atoms with Gasteiger partial charge in [-0.25, -0.2) is 0 Å². The number of para-hydroxylation sites is 1. The van der Waals surface area contributed by atoms with E-state index >= 15 is 0 Å². The Hall–Kier alpha value is -1.51. The maximum atomic E-state index is 12.1. The summed E-state index contributed by atoms with van der Waals surface area (Å²) in [6.45, 7) is 1.82. The number of piperidine rings is 1. The summed E-state index contributed by atoms with van der Waals surface area (Å²) in [6.07, 6.45) is 3.97. The summed E-state index contributed by atoms with van der Waals surface area (Å²) in [6, 6.07) is 7.73. The van der Waals surface area contributed by atoms with Crippen LogP contribution in [0.3, 0.4) is 0 Å². The van der Waals surface area contributed by atoms with Crippen LogP contribution in [0.5, 0.6) is 5.75 Å². The third-order valence-electron chi connectivity index (χ3n) is 3.24. The van der Waals surface area contributed by atoms with Gasteiger partial charge >= 0.3 is 0 Å². The molecule has 2 rings (SSSR count). The Morgan fingerprint density at radius 3 is 2.65 bits per heavy atom. The molecule has 0 bridgehead atoms. The van der Waals surface area contributed by atoms with E-state index in [0.29, 0.717) is 6.42 Å². The van der Waals surface area contributed by atoms with Crippen molar-refractivity contribution in [2.24, 2.45) is 0 Å². The molecule has 1 aliphatic rings. The molecule has 1 heterocycles. The van der Waals surface area contributed by atoms with Gasteiger partial charge in [-0.1, -0.05) is 18.2 Å². The molecule has 1 amide bonds. The Morgan fingerprint density at radius 2 is 1.94 bits per heavy atom. The second-order valence-electron chi connectivity index (χ2n) is 4.43. The van der Waals surface area contributed by atoms with Gasteiger partial charge in [0.1, 0.15) is 5.75 Å². The molecule has 3 heteroatoms. The Balaban J connectivity index is 2.01. The molecule has 0 radical (unpaired) electrons. The lowest BCUT2D eigenvalue weighted by Crippen LogP contribution is -2.36. The summed E-state index contributed by atoms with van der Waals surface area (Å²) in [7, 11) is 1.64. The van der Waals surface area contributed by atoms with E-state index in [9.17, 15) is 4.79 Å². The first-order chi connectivity index (χ1) is 8.31. The number of ether oxygens (including phenoxy) is 1. The number of likely N-dealkylation sites (tertiary alicyclic amines) is 1. The molecule has 1 fully saturated rings. The summed E-state index contributed by atoms with van der Waals surface area (Å²) < 4.78 is 5.26. The standard InChI is InChI=1S/C14H19NO2/c1-17-13-8-4-3-7-12(13)11-14(16)15-9-5-2-6-10-15/h3-4,7-8H,2,5-6,9-11H2,1H3. The minimum Gasteiger partial charge on any atom is -0.496 e. The van der Waals surface area contributed by atoms with Crippen LogP contribution in [-0.2, 0) is 11.2 Å². The lowest BCUT2D eigenvalue weighted by molar-refractivity contribution is -0.131. The Labute approximate surface area is 102 Å². The molecule has 1 aliphatic heterocycles. The molecule has 1 aromatic carbocycles. The van der Waals surface area contributed by atoms with Crippen molar-refractivity contribution >= 4 is 5.91 Å². The number of rotatable bonds is 3. The third kappa shape index (κ3) is 2.99. The fourth-order valence-corrected chi connectivity index (χ4v) is 2.27. The topological polar surface area (TPSA) is 29.5 Å². The summed E-state index contributed by atoms with van der Waals surface area (Å²) in [5.41, 5.74) is 0.977. The minimum atomic E-state index is 0.217. The largest absolute Gasteiger partial charge is 0.496 e. The van der Waals surface area contributed by atoms with E-state index in [1.807, 2.05) is 29.2 Å². The van der Waals surface area contributed by atoms with Crippen molar-refractivity contribution in [2.75, 3.05) is 20.2 Å². The third-order valence-corrected chi connectivity index (χ3v) is 3.24. The molecule has 3 nitrogen and oxygen atoms in total. The highest BCUT2D eigenvalue weighted by Crippen LogP contribution is 2.19. The molecule has 0 N–H and O–H groups in total. The number of amides is 1. The monoisotopic (exact) mass is 233 g/mol. The molecule has 17 heavy (non-hydrogen) atoms. The molecule has 0 atom stereocenters. The Bertz CT molecular complexity index is 384. The molecular weight excluding hydrogens is 214 g/mol. The molecule has 1 saturated heterocycles. The first kappa shape index (κ1) is 12.0. The van der Waals surface area contributed by atoms with Crippen molar-refractivity contribution in [3.63, 3.8) is 0 Å². The van der Waals surface area contributed by atoms with Gasteiger partial charge in [0.05, 0.1) is 13.5 Å². The fourth-order valence-electron chi connectivity index (χ4n) is 2.27. The van der Waals surface area contributed by atoms with Crippen LogP contribution in [-0.4, -0.2) is 31.0 Å². The quantitative estimate of drug-likeness (QED) is 0.801. The lowest BCUT2D eigenvalue weighted by atomic mass is 10.1. The molecule has 0 spiro atoms. The van der Waals surface area contributed by atoms with E-state index in [1.165, 1.54) is 6.42 Å². The highest BCUT2D eigenvalue weighted by atomic mass is 16.5. The van der Waals surface area contributed by atoms with Crippen molar-refractivity contribution in [3.05, 3.63) is 29.8 Å². The maximum Gasteiger partial charge on any atom is 0.227 e. The Kier molecular flexibility index (Phi) is 4.02. The van der Waals surface area contributed by atoms with Crippen molar-refractivity contribution in [1.29, 1.82) is 0 Å². The number of benzene rings is 1. The fraction of sp³-hybridized carbons (Fsp3) is 0.500. The van der Waals surface area contributed by atoms with Crippen LogP contribution in [0, 0.1) is 0 Å². The highest BCUT2D eigenvalue weighted by Gasteiger charge is 2.17. The van der Waals surface area contributed by atoms with E-state index in [2.05, 4.69) is 0 Å². The number of methoxy groups -OCH3 is 1. The zero-order valence-corrected chi connectivity index (χ0v) is 10.3. The number of carbonyl (C=O) groups is 1. The van der Waals surface area contributed by atoms with Gasteiger partial charge in [0.25, 0.3) is 0 Å². The van der Waals surface area contributed by atoms with Crippen molar-refractivity contribution < 1.29 is 9.53 Å². The van der Waals surface area contributed by atoms with Gasteiger partial charge < -0.3 is 9.64 Å². The summed E-state index contributed by atoms with van der Waals surface area (Å²) in [4.78, 5) is 14.1. The lowest BCUT2D eigenvalue weighted by Gasteiger charge is -2.27. The zero-order valence-electron chi connectivity index (χ0n) is 10.3. The SMILES string of the molecule is COc1ccccc1CC(=O)N1CCCCC1. The van der Waals surface area contributed by atoms with Crippen molar-refractivity contribution in [1.82, 2.24) is 4.90 Å². The number of carbonyl (C=O) groups excluding carboxylic acids is 1. The average Bonchev–Trinajstić information content (AvgIpc) is 2.40. The second-order valence-corrected chi connectivity index (χ2v) is 4.43. The smallest absolute Gasteiger partial charge is 0.227 e. The van der Waals surface area contributed by atoms with E-state index in [4.69, 9.17) is 4.74 Å². The summed E-state index contributed by atoms with van der Waals surface area (Å²) in [5.74, 6) is 1.02. The molecule has 0 aliphatic carbocycles. The second kappa shape index (κ2) is 5.71. The van der Waals surface area contributed by atoms with Gasteiger partial charge in [-0.15, -0.1) is 0 Å². The summed E-state index contributed by atoms with van der Waals surface area (Å²) >= 11 is 0. The van der Waals surface area contributed by atoms with Crippen molar-refractivity contribution in [2.45, 2.75) is 25.7 Å². The van der Waals surface area contributed by atoms with Crippen LogP contribution in [0.2, 0.25) is 0 Å². The van der Waals surface area contributed by atoms with Crippen LogP contribution in [0.25, 0.3) is 0 Å². The molecule has 0 saturated carbocycles. The van der Waals surface area contributed by atoms with Gasteiger partial charge in [0.15, 0.2) is 0 Å². The first-order valence-electron chi connectivity index (χ1n) is 6.21. The average molecular weight is 233 g/mol. The van der Waals surface area contributed by atoms with Crippen LogP contribution in [0.4, 0.5) is 0 Å². The van der Waals surface area contributed by atoms with Gasteiger partial charge in [0.2, 0.25) is 5.91 Å². The molecule has 1 aromatic rings. The predicted octanol–water partition coefficient (Wildman–Crippen LogP) is 2.25. The highest BCUT2D eigenvalue weighted by molar-refractivity contribution is 5.79. The minimum absolute atomic E-state index is 0.217. The van der Waals surface area contributed by atoms with E-state index in [0.717, 1.165) is 37.2 Å². The Morgan fingerprint density at radius 1 is 1.24 bits per heavy atom.